The van der Waals surface area contributed by atoms with Gasteiger partial charge in [0.25, 0.3) is 0 Å². The maximum atomic E-state index is 5.89. The van der Waals surface area contributed by atoms with Crippen LogP contribution in [0.1, 0.15) is 30.5 Å². The van der Waals surface area contributed by atoms with Crippen LogP contribution in [0.3, 0.4) is 0 Å². The Hall–Kier alpha value is -0.720. The molecule has 0 bridgehead atoms. The summed E-state index contributed by atoms with van der Waals surface area (Å²) in [7, 11) is 0. The monoisotopic (exact) mass is 312 g/mol. The maximum Gasteiger partial charge on any atom is 0.161 e. The lowest BCUT2D eigenvalue weighted by Crippen LogP contribution is -2.42. The van der Waals surface area contributed by atoms with E-state index in [2.05, 4.69) is 30.8 Å². The molecule has 0 aromatic carbocycles. The summed E-state index contributed by atoms with van der Waals surface area (Å²) >= 11 is 3.38. The minimum Gasteiger partial charge on any atom is -0.383 e. The first-order valence-corrected chi connectivity index (χ1v) is 7.09. The molecular formula is C12H17BrN4O. The largest absolute Gasteiger partial charge is 0.383 e. The van der Waals surface area contributed by atoms with Crippen molar-refractivity contribution in [3.05, 3.63) is 16.0 Å². The summed E-state index contributed by atoms with van der Waals surface area (Å²) in [6.45, 7) is 4.75. The zero-order valence-corrected chi connectivity index (χ0v) is 12.0. The van der Waals surface area contributed by atoms with Crippen LogP contribution in [0.25, 0.3) is 0 Å². The number of nitrogen functional groups attached to an aromatic ring is 1. The molecule has 18 heavy (non-hydrogen) atoms. The second-order valence-corrected chi connectivity index (χ2v) is 5.77. The van der Waals surface area contributed by atoms with Crippen LogP contribution in [0, 0.1) is 6.92 Å². The van der Waals surface area contributed by atoms with Crippen LogP contribution >= 0.6 is 15.9 Å². The van der Waals surface area contributed by atoms with E-state index in [0.29, 0.717) is 17.7 Å². The lowest BCUT2D eigenvalue weighted by Gasteiger charge is -2.34. The average Bonchev–Trinajstić information content (AvgIpc) is 2.82. The molecule has 1 aromatic rings. The summed E-state index contributed by atoms with van der Waals surface area (Å²) in [6.07, 6.45) is 2.46. The molecule has 0 radical (unpaired) electrons. The number of anilines is 1. The van der Waals surface area contributed by atoms with E-state index in [1.807, 2.05) is 6.92 Å². The molecule has 3 rings (SSSR count). The average molecular weight is 313 g/mol. The molecule has 2 saturated heterocycles. The van der Waals surface area contributed by atoms with Gasteiger partial charge in [0.2, 0.25) is 0 Å². The van der Waals surface area contributed by atoms with Crippen molar-refractivity contribution in [1.29, 1.82) is 0 Å². The van der Waals surface area contributed by atoms with E-state index in [-0.39, 0.29) is 6.10 Å². The molecule has 3 heterocycles. The highest BCUT2D eigenvalue weighted by atomic mass is 79.9. The van der Waals surface area contributed by atoms with Gasteiger partial charge in [-0.2, -0.15) is 0 Å². The fourth-order valence-corrected chi connectivity index (χ4v) is 2.90. The second kappa shape index (κ2) is 4.75. The van der Waals surface area contributed by atoms with Crippen LogP contribution in [0.2, 0.25) is 0 Å². The Labute approximate surface area is 115 Å². The highest BCUT2D eigenvalue weighted by molar-refractivity contribution is 9.10. The van der Waals surface area contributed by atoms with Gasteiger partial charge in [-0.15, -0.1) is 0 Å². The van der Waals surface area contributed by atoms with E-state index in [1.54, 1.807) is 0 Å². The number of nitrogens with zero attached hydrogens (tertiary/aromatic N) is 3. The van der Waals surface area contributed by atoms with Gasteiger partial charge in [-0.25, -0.2) is 9.97 Å². The Morgan fingerprint density at radius 1 is 1.44 bits per heavy atom. The molecule has 2 atom stereocenters. The van der Waals surface area contributed by atoms with Gasteiger partial charge < -0.3 is 10.5 Å². The fraction of sp³-hybridized carbons (Fsp3) is 0.667. The zero-order chi connectivity index (χ0) is 12.7. The fourth-order valence-electron chi connectivity index (χ4n) is 2.72. The van der Waals surface area contributed by atoms with Crippen LogP contribution in [0.15, 0.2) is 4.47 Å². The Morgan fingerprint density at radius 2 is 2.28 bits per heavy atom. The number of hydrogen-bond acceptors (Lipinski definition) is 5. The number of rotatable bonds is 1. The number of aromatic nitrogens is 2. The van der Waals surface area contributed by atoms with Crippen molar-refractivity contribution in [2.24, 2.45) is 0 Å². The van der Waals surface area contributed by atoms with Gasteiger partial charge in [0.1, 0.15) is 11.9 Å². The van der Waals surface area contributed by atoms with Gasteiger partial charge in [-0.1, -0.05) is 0 Å². The van der Waals surface area contributed by atoms with Crippen LogP contribution in [-0.4, -0.2) is 40.6 Å². The summed E-state index contributed by atoms with van der Waals surface area (Å²) in [5.41, 5.74) is 6.73. The van der Waals surface area contributed by atoms with Crippen molar-refractivity contribution in [3.8, 4) is 0 Å². The normalized spacial score (nSPS) is 28.3. The summed E-state index contributed by atoms with van der Waals surface area (Å²) in [6, 6.07) is 0.593. The SMILES string of the molecule is Cc1nc(C2CN3CCCC3CO2)nc(N)c1Br. The lowest BCUT2D eigenvalue weighted by molar-refractivity contribution is -0.0541. The van der Waals surface area contributed by atoms with Gasteiger partial charge in [-0.05, 0) is 42.2 Å². The zero-order valence-electron chi connectivity index (χ0n) is 10.4. The predicted octanol–water partition coefficient (Wildman–Crippen LogP) is 1.67. The Bertz CT molecular complexity index is 444. The molecule has 2 N–H and O–H groups in total. The molecule has 2 aliphatic rings. The van der Waals surface area contributed by atoms with E-state index >= 15 is 0 Å². The van der Waals surface area contributed by atoms with Crippen LogP contribution in [0.5, 0.6) is 0 Å². The van der Waals surface area contributed by atoms with E-state index in [9.17, 15) is 0 Å². The quantitative estimate of drug-likeness (QED) is 0.854. The predicted molar refractivity (Wildman–Crippen MR) is 72.2 cm³/mol. The van der Waals surface area contributed by atoms with Crippen molar-refractivity contribution in [2.75, 3.05) is 25.4 Å². The number of morpholine rings is 1. The van der Waals surface area contributed by atoms with Crippen molar-refractivity contribution in [3.63, 3.8) is 0 Å². The van der Waals surface area contributed by atoms with Crippen LogP contribution in [-0.2, 0) is 4.74 Å². The molecule has 0 saturated carbocycles. The molecule has 98 valence electrons. The third kappa shape index (κ3) is 2.13. The van der Waals surface area contributed by atoms with Crippen molar-refractivity contribution in [2.45, 2.75) is 31.9 Å². The Balaban J connectivity index is 1.83. The summed E-state index contributed by atoms with van der Waals surface area (Å²) in [4.78, 5) is 11.3. The molecule has 0 spiro atoms. The molecule has 2 unspecified atom stereocenters. The molecule has 2 aliphatic heterocycles. The summed E-state index contributed by atoms with van der Waals surface area (Å²) in [5, 5.41) is 0. The molecule has 6 heteroatoms. The van der Waals surface area contributed by atoms with Crippen LogP contribution < -0.4 is 5.73 Å². The first kappa shape index (κ1) is 12.3. The van der Waals surface area contributed by atoms with E-state index in [4.69, 9.17) is 10.5 Å². The first-order valence-electron chi connectivity index (χ1n) is 6.30. The van der Waals surface area contributed by atoms with Crippen molar-refractivity contribution < 1.29 is 4.74 Å². The summed E-state index contributed by atoms with van der Waals surface area (Å²) < 4.78 is 6.67. The smallest absolute Gasteiger partial charge is 0.161 e. The lowest BCUT2D eigenvalue weighted by atomic mass is 10.2. The third-order valence-corrected chi connectivity index (χ3v) is 4.72. The highest BCUT2D eigenvalue weighted by Gasteiger charge is 2.34. The molecule has 0 aliphatic carbocycles. The van der Waals surface area contributed by atoms with Gasteiger partial charge in [0, 0.05) is 12.6 Å². The van der Waals surface area contributed by atoms with Crippen molar-refractivity contribution >= 4 is 21.7 Å². The number of hydrogen-bond donors (Lipinski definition) is 1. The van der Waals surface area contributed by atoms with Crippen LogP contribution in [0.4, 0.5) is 5.82 Å². The van der Waals surface area contributed by atoms with E-state index < -0.39 is 0 Å². The minimum absolute atomic E-state index is 0.0477. The van der Waals surface area contributed by atoms with Gasteiger partial charge in [0.05, 0.1) is 16.8 Å². The molecular weight excluding hydrogens is 296 g/mol. The molecule has 0 amide bonds. The number of nitrogens with two attached hydrogens (primary N) is 1. The molecule has 1 aromatic heterocycles. The Morgan fingerprint density at radius 3 is 3.06 bits per heavy atom. The van der Waals surface area contributed by atoms with Gasteiger partial charge >= 0.3 is 0 Å². The van der Waals surface area contributed by atoms with E-state index in [1.165, 1.54) is 12.8 Å². The number of fused-ring (bicyclic) bond motifs is 1. The molecule has 2 fully saturated rings. The van der Waals surface area contributed by atoms with E-state index in [0.717, 1.165) is 29.9 Å². The number of aryl methyl sites for hydroxylation is 1. The second-order valence-electron chi connectivity index (χ2n) is 4.98. The highest BCUT2D eigenvalue weighted by Crippen LogP contribution is 2.30. The standard InChI is InChI=1S/C12H17BrN4O/c1-7-10(13)11(14)16-12(15-7)9-5-17-4-2-3-8(17)6-18-9/h8-9H,2-6H2,1H3,(H2,14,15,16). The van der Waals surface area contributed by atoms with Gasteiger partial charge in [-0.3, -0.25) is 4.90 Å². The maximum absolute atomic E-state index is 5.89. The topological polar surface area (TPSA) is 64.3 Å². The number of ether oxygens (including phenoxy) is 1. The number of halogens is 1. The van der Waals surface area contributed by atoms with Gasteiger partial charge in [0.15, 0.2) is 5.82 Å². The minimum atomic E-state index is -0.0477. The third-order valence-electron chi connectivity index (χ3n) is 3.74. The first-order chi connectivity index (χ1) is 8.65. The Kier molecular flexibility index (Phi) is 3.25. The van der Waals surface area contributed by atoms with Crippen molar-refractivity contribution in [1.82, 2.24) is 14.9 Å². The summed E-state index contributed by atoms with van der Waals surface area (Å²) in [5.74, 6) is 1.20. The molecule has 5 nitrogen and oxygen atoms in total.